The van der Waals surface area contributed by atoms with Gasteiger partial charge in [-0.1, -0.05) is 12.1 Å². The standard InChI is InChI=1S/C26H34Cl2FNO9/c1-16(31)35-15-21-24(36-17(2)32)25(37-18(3)33)23(29)26(38-21)39-22(34)6-4-5-19-7-9-20(10-8-19)30(13-11-27)14-12-28/h7-10,21,23-26H,4-6,11-15H2,1-3H3/t21-,23-,24-,25-,26+/m1/s1. The van der Waals surface area contributed by atoms with Crippen molar-refractivity contribution in [2.24, 2.45) is 0 Å². The van der Waals surface area contributed by atoms with Gasteiger partial charge in [0.15, 0.2) is 12.2 Å². The molecule has 0 spiro atoms. The number of rotatable bonds is 14. The monoisotopic (exact) mass is 593 g/mol. The maximum absolute atomic E-state index is 15.3. The summed E-state index contributed by atoms with van der Waals surface area (Å²) >= 11 is 11.7. The first-order valence-corrected chi connectivity index (χ1v) is 13.5. The van der Waals surface area contributed by atoms with Crippen LogP contribution in [0.5, 0.6) is 0 Å². The van der Waals surface area contributed by atoms with E-state index < -0.39 is 61.3 Å². The van der Waals surface area contributed by atoms with Crippen molar-refractivity contribution in [1.29, 1.82) is 0 Å². The first-order chi connectivity index (χ1) is 18.5. The van der Waals surface area contributed by atoms with Crippen LogP contribution < -0.4 is 4.90 Å². The summed E-state index contributed by atoms with van der Waals surface area (Å²) in [6.45, 7) is 4.16. The molecule has 5 atom stereocenters. The van der Waals surface area contributed by atoms with Gasteiger partial charge in [-0.25, -0.2) is 4.39 Å². The molecule has 13 heteroatoms. The maximum atomic E-state index is 15.3. The number of alkyl halides is 3. The van der Waals surface area contributed by atoms with Crippen LogP contribution in [0, 0.1) is 0 Å². The van der Waals surface area contributed by atoms with Crippen LogP contribution in [0.3, 0.4) is 0 Å². The van der Waals surface area contributed by atoms with Crippen LogP contribution in [0.15, 0.2) is 24.3 Å². The average molecular weight is 594 g/mol. The molecule has 39 heavy (non-hydrogen) atoms. The van der Waals surface area contributed by atoms with Crippen LogP contribution in [-0.4, -0.2) is 86.1 Å². The Bertz CT molecular complexity index is 959. The molecule has 218 valence electrons. The SMILES string of the molecule is CC(=O)OC[C@H]1O[C@@H](OC(=O)CCCc2ccc(N(CCCl)CCCl)cc2)[C@H](F)[C@@H](OC(C)=O)[C@@H]1OC(C)=O. The summed E-state index contributed by atoms with van der Waals surface area (Å²) in [6, 6.07) is 7.79. The number of esters is 4. The molecule has 1 aliphatic heterocycles. The lowest BCUT2D eigenvalue weighted by molar-refractivity contribution is -0.285. The molecule has 0 aliphatic carbocycles. The summed E-state index contributed by atoms with van der Waals surface area (Å²) in [4.78, 5) is 49.1. The maximum Gasteiger partial charge on any atom is 0.308 e. The van der Waals surface area contributed by atoms with Crippen molar-refractivity contribution < 1.29 is 47.3 Å². The van der Waals surface area contributed by atoms with Crippen molar-refractivity contribution in [2.75, 3.05) is 36.4 Å². The lowest BCUT2D eigenvalue weighted by atomic mass is 9.99. The van der Waals surface area contributed by atoms with E-state index in [1.165, 1.54) is 0 Å². The van der Waals surface area contributed by atoms with Crippen LogP contribution in [0.25, 0.3) is 0 Å². The third-order valence-electron chi connectivity index (χ3n) is 5.73. The van der Waals surface area contributed by atoms with Crippen molar-refractivity contribution in [3.05, 3.63) is 29.8 Å². The van der Waals surface area contributed by atoms with Crippen LogP contribution in [0.1, 0.15) is 39.2 Å². The third kappa shape index (κ3) is 10.8. The molecule has 2 rings (SSSR count). The Morgan fingerprint density at radius 2 is 1.49 bits per heavy atom. The number of ether oxygens (including phenoxy) is 5. The molecule has 1 aromatic carbocycles. The van der Waals surface area contributed by atoms with Crippen LogP contribution in [0.4, 0.5) is 10.1 Å². The molecule has 0 aromatic heterocycles. The topological polar surface area (TPSA) is 118 Å². The molecule has 1 aromatic rings. The molecule has 1 saturated heterocycles. The van der Waals surface area contributed by atoms with Gasteiger partial charge >= 0.3 is 23.9 Å². The number of aryl methyl sites for hydroxylation is 1. The summed E-state index contributed by atoms with van der Waals surface area (Å²) in [6.07, 6.45) is -7.32. The Hall–Kier alpha value is -2.63. The van der Waals surface area contributed by atoms with E-state index in [1.807, 2.05) is 24.3 Å². The zero-order valence-electron chi connectivity index (χ0n) is 22.1. The first kappa shape index (κ1) is 32.6. The van der Waals surface area contributed by atoms with Gasteiger partial charge in [0.25, 0.3) is 0 Å². The molecule has 0 N–H and O–H groups in total. The lowest BCUT2D eigenvalue weighted by Crippen LogP contribution is -2.60. The fourth-order valence-corrected chi connectivity index (χ4v) is 4.44. The molecule has 0 bridgehead atoms. The molecule has 1 fully saturated rings. The zero-order valence-corrected chi connectivity index (χ0v) is 23.6. The number of nitrogens with zero attached hydrogens (tertiary/aromatic N) is 1. The van der Waals surface area contributed by atoms with E-state index in [0.717, 1.165) is 32.0 Å². The quantitative estimate of drug-likeness (QED) is 0.180. The van der Waals surface area contributed by atoms with Crippen LogP contribution in [0.2, 0.25) is 0 Å². The van der Waals surface area contributed by atoms with Crippen molar-refractivity contribution in [2.45, 2.75) is 70.8 Å². The van der Waals surface area contributed by atoms with Gasteiger partial charge in [-0.05, 0) is 30.5 Å². The van der Waals surface area contributed by atoms with Crippen LogP contribution in [-0.2, 0) is 49.3 Å². The molecular weight excluding hydrogens is 560 g/mol. The smallest absolute Gasteiger partial charge is 0.308 e. The second-order valence-electron chi connectivity index (χ2n) is 8.81. The summed E-state index contributed by atoms with van der Waals surface area (Å²) in [7, 11) is 0. The highest BCUT2D eigenvalue weighted by molar-refractivity contribution is 6.18. The minimum absolute atomic E-state index is 0.0425. The predicted octanol–water partition coefficient (Wildman–Crippen LogP) is 3.33. The second kappa shape index (κ2) is 16.5. The summed E-state index contributed by atoms with van der Waals surface area (Å²) in [5, 5.41) is 0. The average Bonchev–Trinajstić information content (AvgIpc) is 2.87. The van der Waals surface area contributed by atoms with Gasteiger partial charge in [0.05, 0.1) is 0 Å². The fourth-order valence-electron chi connectivity index (χ4n) is 4.03. The summed E-state index contributed by atoms with van der Waals surface area (Å²) in [5.74, 6) is -2.11. The summed E-state index contributed by atoms with van der Waals surface area (Å²) < 4.78 is 41.1. The number of benzene rings is 1. The molecule has 0 saturated carbocycles. The molecule has 0 amide bonds. The number of carbonyl (C=O) groups is 4. The van der Waals surface area contributed by atoms with Gasteiger partial charge in [0, 0.05) is 57.7 Å². The van der Waals surface area contributed by atoms with Crippen LogP contribution >= 0.6 is 23.2 Å². The minimum Gasteiger partial charge on any atom is -0.463 e. The Labute approximate surface area is 236 Å². The Balaban J connectivity index is 2.00. The largest absolute Gasteiger partial charge is 0.463 e. The van der Waals surface area contributed by atoms with Crippen molar-refractivity contribution in [3.8, 4) is 0 Å². The highest BCUT2D eigenvalue weighted by Crippen LogP contribution is 2.30. The van der Waals surface area contributed by atoms with Gasteiger partial charge in [0.2, 0.25) is 12.5 Å². The van der Waals surface area contributed by atoms with Gasteiger partial charge < -0.3 is 28.6 Å². The highest BCUT2D eigenvalue weighted by Gasteiger charge is 2.52. The number of anilines is 1. The molecular formula is C26H34Cl2FNO9. The second-order valence-corrected chi connectivity index (χ2v) is 9.57. The summed E-state index contributed by atoms with van der Waals surface area (Å²) in [5.41, 5.74) is 1.97. The van der Waals surface area contributed by atoms with E-state index in [2.05, 4.69) is 4.90 Å². The van der Waals surface area contributed by atoms with Crippen molar-refractivity contribution in [3.63, 3.8) is 0 Å². The number of hydrogen-bond donors (Lipinski definition) is 0. The van der Waals surface area contributed by atoms with Crippen molar-refractivity contribution in [1.82, 2.24) is 0 Å². The van der Waals surface area contributed by atoms with Gasteiger partial charge in [-0.3, -0.25) is 19.2 Å². The Morgan fingerprint density at radius 1 is 0.897 bits per heavy atom. The zero-order chi connectivity index (χ0) is 28.9. The van der Waals surface area contributed by atoms with E-state index in [4.69, 9.17) is 46.9 Å². The molecule has 0 radical (unpaired) electrons. The first-order valence-electron chi connectivity index (χ1n) is 12.5. The third-order valence-corrected chi connectivity index (χ3v) is 6.07. The van der Waals surface area contributed by atoms with Crippen molar-refractivity contribution >= 4 is 52.8 Å². The molecule has 1 aliphatic rings. The fraction of sp³-hybridized carbons (Fsp3) is 0.615. The Morgan fingerprint density at radius 3 is 2.03 bits per heavy atom. The highest BCUT2D eigenvalue weighted by atomic mass is 35.5. The Kier molecular flexibility index (Phi) is 13.8. The number of carbonyl (C=O) groups excluding carboxylic acids is 4. The minimum atomic E-state index is -2.16. The lowest BCUT2D eigenvalue weighted by Gasteiger charge is -2.41. The number of hydrogen-bond acceptors (Lipinski definition) is 10. The van der Waals surface area contributed by atoms with E-state index >= 15 is 4.39 Å². The number of halogens is 3. The van der Waals surface area contributed by atoms with Gasteiger partial charge in [-0.2, -0.15) is 0 Å². The van der Waals surface area contributed by atoms with E-state index in [0.29, 0.717) is 37.7 Å². The van der Waals surface area contributed by atoms with E-state index in [1.54, 1.807) is 0 Å². The van der Waals surface area contributed by atoms with Gasteiger partial charge in [0.1, 0.15) is 12.7 Å². The molecule has 1 heterocycles. The molecule has 10 nitrogen and oxygen atoms in total. The van der Waals surface area contributed by atoms with E-state index in [9.17, 15) is 19.2 Å². The normalized spacial score (nSPS) is 22.5. The predicted molar refractivity (Wildman–Crippen MR) is 140 cm³/mol. The van der Waals surface area contributed by atoms with Gasteiger partial charge in [-0.15, -0.1) is 23.2 Å². The van der Waals surface area contributed by atoms with E-state index in [-0.39, 0.29) is 6.42 Å². The molecule has 0 unspecified atom stereocenters.